The molecule has 0 spiro atoms. The van der Waals surface area contributed by atoms with Crippen LogP contribution in [0.3, 0.4) is 0 Å². The van der Waals surface area contributed by atoms with Crippen molar-refractivity contribution in [2.75, 3.05) is 19.8 Å². The maximum absolute atomic E-state index is 5.79. The fourth-order valence-corrected chi connectivity index (χ4v) is 1.30. The van der Waals surface area contributed by atoms with Gasteiger partial charge in [0.15, 0.2) is 0 Å². The van der Waals surface area contributed by atoms with Crippen molar-refractivity contribution in [1.82, 2.24) is 5.32 Å². The standard InChI is InChI=1S/C14H31NO2/c1-8-12(11-15-13(2,3)4)16-9-10-17-14(5,6)7/h12,15H,8-11H2,1-7H3. The van der Waals surface area contributed by atoms with Gasteiger partial charge in [0.1, 0.15) is 0 Å². The van der Waals surface area contributed by atoms with Crippen LogP contribution in [-0.4, -0.2) is 37.0 Å². The second-order valence-corrected chi connectivity index (χ2v) is 6.49. The third-order valence-electron chi connectivity index (χ3n) is 2.29. The molecule has 0 aliphatic heterocycles. The Morgan fingerprint density at radius 2 is 1.59 bits per heavy atom. The van der Waals surface area contributed by atoms with E-state index in [0.717, 1.165) is 13.0 Å². The predicted octanol–water partition coefficient (Wildman–Crippen LogP) is 2.98. The van der Waals surface area contributed by atoms with Crippen LogP contribution in [0.1, 0.15) is 54.9 Å². The summed E-state index contributed by atoms with van der Waals surface area (Å²) < 4.78 is 11.4. The average Bonchev–Trinajstić information content (AvgIpc) is 2.13. The highest BCUT2D eigenvalue weighted by Gasteiger charge is 2.14. The maximum Gasteiger partial charge on any atom is 0.0707 e. The van der Waals surface area contributed by atoms with Gasteiger partial charge in [-0.1, -0.05) is 6.92 Å². The van der Waals surface area contributed by atoms with Gasteiger partial charge >= 0.3 is 0 Å². The summed E-state index contributed by atoms with van der Waals surface area (Å²) in [6.07, 6.45) is 1.30. The van der Waals surface area contributed by atoms with E-state index in [1.165, 1.54) is 0 Å². The minimum Gasteiger partial charge on any atom is -0.375 e. The topological polar surface area (TPSA) is 30.5 Å². The van der Waals surface area contributed by atoms with Gasteiger partial charge in [0, 0.05) is 12.1 Å². The van der Waals surface area contributed by atoms with E-state index in [0.29, 0.717) is 13.2 Å². The van der Waals surface area contributed by atoms with Crippen molar-refractivity contribution >= 4 is 0 Å². The largest absolute Gasteiger partial charge is 0.375 e. The summed E-state index contributed by atoms with van der Waals surface area (Å²) in [5.74, 6) is 0. The van der Waals surface area contributed by atoms with Crippen molar-refractivity contribution in [2.45, 2.75) is 72.1 Å². The zero-order valence-corrected chi connectivity index (χ0v) is 12.7. The van der Waals surface area contributed by atoms with E-state index in [1.807, 2.05) is 0 Å². The van der Waals surface area contributed by atoms with Crippen molar-refractivity contribution in [3.8, 4) is 0 Å². The van der Waals surface area contributed by atoms with E-state index in [9.17, 15) is 0 Å². The van der Waals surface area contributed by atoms with E-state index < -0.39 is 0 Å². The van der Waals surface area contributed by atoms with E-state index >= 15 is 0 Å². The summed E-state index contributed by atoms with van der Waals surface area (Å²) in [6, 6.07) is 0. The van der Waals surface area contributed by atoms with Crippen molar-refractivity contribution in [3.05, 3.63) is 0 Å². The summed E-state index contributed by atoms with van der Waals surface area (Å²) in [6.45, 7) is 17.1. The van der Waals surface area contributed by atoms with Crippen molar-refractivity contribution in [3.63, 3.8) is 0 Å². The van der Waals surface area contributed by atoms with Gasteiger partial charge in [-0.25, -0.2) is 0 Å². The molecule has 0 aromatic carbocycles. The first-order chi connectivity index (χ1) is 7.64. The van der Waals surface area contributed by atoms with Gasteiger partial charge in [0.05, 0.1) is 24.9 Å². The molecule has 3 heteroatoms. The Labute approximate surface area is 107 Å². The van der Waals surface area contributed by atoms with Crippen LogP contribution in [0.2, 0.25) is 0 Å². The normalized spacial score (nSPS) is 15.0. The fraction of sp³-hybridized carbons (Fsp3) is 1.00. The Kier molecular flexibility index (Phi) is 7.29. The van der Waals surface area contributed by atoms with Crippen LogP contribution in [0, 0.1) is 0 Å². The Balaban J connectivity index is 3.69. The number of rotatable bonds is 7. The quantitative estimate of drug-likeness (QED) is 0.699. The summed E-state index contributed by atoms with van der Waals surface area (Å²) in [4.78, 5) is 0. The molecule has 17 heavy (non-hydrogen) atoms. The molecule has 0 saturated carbocycles. The Morgan fingerprint density at radius 3 is 2.00 bits per heavy atom. The van der Waals surface area contributed by atoms with Crippen LogP contribution in [-0.2, 0) is 9.47 Å². The highest BCUT2D eigenvalue weighted by atomic mass is 16.5. The van der Waals surface area contributed by atoms with Gasteiger partial charge in [-0.15, -0.1) is 0 Å². The molecule has 0 heterocycles. The first-order valence-corrected chi connectivity index (χ1v) is 6.64. The molecule has 1 N–H and O–H groups in total. The Bertz CT molecular complexity index is 191. The minimum atomic E-state index is -0.0747. The molecule has 0 rings (SSSR count). The smallest absolute Gasteiger partial charge is 0.0707 e. The van der Waals surface area contributed by atoms with Crippen LogP contribution < -0.4 is 5.32 Å². The van der Waals surface area contributed by atoms with E-state index in [-0.39, 0.29) is 17.2 Å². The lowest BCUT2D eigenvalue weighted by atomic mass is 10.1. The van der Waals surface area contributed by atoms with Gasteiger partial charge in [0.2, 0.25) is 0 Å². The first kappa shape index (κ1) is 16.9. The lowest BCUT2D eigenvalue weighted by molar-refractivity contribution is -0.0523. The summed E-state index contributed by atoms with van der Waals surface area (Å²) in [7, 11) is 0. The van der Waals surface area contributed by atoms with Crippen LogP contribution >= 0.6 is 0 Å². The molecule has 0 radical (unpaired) electrons. The highest BCUT2D eigenvalue weighted by molar-refractivity contribution is 4.73. The van der Waals surface area contributed by atoms with Gasteiger partial charge in [-0.3, -0.25) is 0 Å². The van der Waals surface area contributed by atoms with Crippen LogP contribution in [0.25, 0.3) is 0 Å². The molecule has 104 valence electrons. The zero-order valence-electron chi connectivity index (χ0n) is 12.7. The summed E-state index contributed by atoms with van der Waals surface area (Å²) >= 11 is 0. The molecule has 0 bridgehead atoms. The molecule has 0 saturated heterocycles. The number of ether oxygens (including phenoxy) is 2. The third kappa shape index (κ3) is 12.1. The van der Waals surface area contributed by atoms with Crippen LogP contribution in [0.4, 0.5) is 0 Å². The molecule has 0 fully saturated rings. The Hall–Kier alpha value is -0.120. The van der Waals surface area contributed by atoms with E-state index in [2.05, 4.69) is 53.8 Å². The minimum absolute atomic E-state index is 0.0747. The Morgan fingerprint density at radius 1 is 1.00 bits per heavy atom. The van der Waals surface area contributed by atoms with Crippen molar-refractivity contribution in [1.29, 1.82) is 0 Å². The molecule has 0 aliphatic carbocycles. The first-order valence-electron chi connectivity index (χ1n) is 6.64. The van der Waals surface area contributed by atoms with Gasteiger partial charge in [-0.05, 0) is 48.0 Å². The van der Waals surface area contributed by atoms with Gasteiger partial charge in [0.25, 0.3) is 0 Å². The van der Waals surface area contributed by atoms with Crippen molar-refractivity contribution < 1.29 is 9.47 Å². The number of hydrogen-bond donors (Lipinski definition) is 1. The maximum atomic E-state index is 5.79. The SMILES string of the molecule is CCC(CNC(C)(C)C)OCCOC(C)(C)C. The lowest BCUT2D eigenvalue weighted by Gasteiger charge is -2.25. The molecule has 3 nitrogen and oxygen atoms in total. The van der Waals surface area contributed by atoms with Gasteiger partial charge < -0.3 is 14.8 Å². The van der Waals surface area contributed by atoms with Crippen LogP contribution in [0.5, 0.6) is 0 Å². The van der Waals surface area contributed by atoms with E-state index in [1.54, 1.807) is 0 Å². The molecule has 0 aromatic rings. The molecule has 1 unspecified atom stereocenters. The highest BCUT2D eigenvalue weighted by Crippen LogP contribution is 2.07. The molecule has 0 aliphatic rings. The summed E-state index contributed by atoms with van der Waals surface area (Å²) in [5.41, 5.74) is 0.0768. The third-order valence-corrected chi connectivity index (χ3v) is 2.29. The molecule has 0 amide bonds. The number of nitrogens with one attached hydrogen (secondary N) is 1. The predicted molar refractivity (Wildman–Crippen MR) is 73.5 cm³/mol. The van der Waals surface area contributed by atoms with Crippen LogP contribution in [0.15, 0.2) is 0 Å². The molecule has 0 aromatic heterocycles. The summed E-state index contributed by atoms with van der Waals surface area (Å²) in [5, 5.41) is 3.46. The second-order valence-electron chi connectivity index (χ2n) is 6.49. The average molecular weight is 245 g/mol. The molecular weight excluding hydrogens is 214 g/mol. The molecular formula is C14H31NO2. The zero-order chi connectivity index (χ0) is 13.5. The fourth-order valence-electron chi connectivity index (χ4n) is 1.30. The van der Waals surface area contributed by atoms with Gasteiger partial charge in [-0.2, -0.15) is 0 Å². The number of hydrogen-bond acceptors (Lipinski definition) is 3. The molecule has 1 atom stereocenters. The second kappa shape index (κ2) is 7.34. The van der Waals surface area contributed by atoms with Crippen molar-refractivity contribution in [2.24, 2.45) is 0 Å². The lowest BCUT2D eigenvalue weighted by Crippen LogP contribution is -2.41. The monoisotopic (exact) mass is 245 g/mol. The van der Waals surface area contributed by atoms with E-state index in [4.69, 9.17) is 9.47 Å².